The van der Waals surface area contributed by atoms with Crippen molar-refractivity contribution in [3.8, 4) is 0 Å². The van der Waals surface area contributed by atoms with Crippen LogP contribution in [0.4, 0.5) is 8.78 Å². The summed E-state index contributed by atoms with van der Waals surface area (Å²) < 4.78 is 26.3. The van der Waals surface area contributed by atoms with E-state index in [-0.39, 0.29) is 0 Å². The standard InChI is InChI=1S/C13H20F2N2/c1-4-17(5-2)13(3,16)9-10-6-7-11(14)8-12(10)15/h6-8H,4-5,9,16H2,1-3H3. The van der Waals surface area contributed by atoms with Gasteiger partial charge in [-0.1, -0.05) is 19.9 Å². The molecule has 2 N–H and O–H groups in total. The van der Waals surface area contributed by atoms with E-state index in [1.54, 1.807) is 0 Å². The summed E-state index contributed by atoms with van der Waals surface area (Å²) in [5.41, 5.74) is 6.01. The highest BCUT2D eigenvalue weighted by atomic mass is 19.1. The number of hydrogen-bond donors (Lipinski definition) is 1. The minimum Gasteiger partial charge on any atom is -0.313 e. The molecule has 1 aromatic carbocycles. The molecule has 4 heteroatoms. The summed E-state index contributed by atoms with van der Waals surface area (Å²) in [7, 11) is 0. The lowest BCUT2D eigenvalue weighted by Crippen LogP contribution is -2.55. The number of nitrogens with zero attached hydrogens (tertiary/aromatic N) is 1. The molecule has 1 atom stereocenters. The van der Waals surface area contributed by atoms with Crippen LogP contribution in [-0.4, -0.2) is 23.7 Å². The van der Waals surface area contributed by atoms with Crippen molar-refractivity contribution in [3.05, 3.63) is 35.4 Å². The zero-order valence-electron chi connectivity index (χ0n) is 10.6. The van der Waals surface area contributed by atoms with Crippen LogP contribution in [0.2, 0.25) is 0 Å². The second-order valence-electron chi connectivity index (χ2n) is 4.44. The first-order valence-electron chi connectivity index (χ1n) is 5.88. The number of rotatable bonds is 5. The Bertz CT molecular complexity index is 374. The van der Waals surface area contributed by atoms with Crippen LogP contribution in [0.25, 0.3) is 0 Å². The van der Waals surface area contributed by atoms with E-state index < -0.39 is 17.3 Å². The van der Waals surface area contributed by atoms with Crippen LogP contribution in [0.5, 0.6) is 0 Å². The first kappa shape index (κ1) is 14.1. The van der Waals surface area contributed by atoms with Crippen LogP contribution in [0, 0.1) is 11.6 Å². The Morgan fingerprint density at radius 2 is 1.82 bits per heavy atom. The van der Waals surface area contributed by atoms with E-state index in [4.69, 9.17) is 5.73 Å². The minimum atomic E-state index is -0.623. The van der Waals surface area contributed by atoms with Gasteiger partial charge in [-0.3, -0.25) is 4.90 Å². The Labute approximate surface area is 101 Å². The van der Waals surface area contributed by atoms with Crippen LogP contribution < -0.4 is 5.73 Å². The molecule has 0 radical (unpaired) electrons. The quantitative estimate of drug-likeness (QED) is 0.804. The molecule has 0 aliphatic rings. The zero-order valence-corrected chi connectivity index (χ0v) is 10.6. The van der Waals surface area contributed by atoms with Gasteiger partial charge in [-0.15, -0.1) is 0 Å². The first-order valence-corrected chi connectivity index (χ1v) is 5.88. The molecule has 1 rings (SSSR count). The average Bonchev–Trinajstić information content (AvgIpc) is 2.23. The van der Waals surface area contributed by atoms with Gasteiger partial charge in [-0.2, -0.15) is 0 Å². The Hall–Kier alpha value is -1.00. The second kappa shape index (κ2) is 5.56. The third-order valence-electron chi connectivity index (χ3n) is 3.05. The lowest BCUT2D eigenvalue weighted by atomic mass is 9.99. The van der Waals surface area contributed by atoms with E-state index in [1.165, 1.54) is 12.1 Å². The molecule has 0 aromatic heterocycles. The Balaban J connectivity index is 2.89. The summed E-state index contributed by atoms with van der Waals surface area (Å²) in [5.74, 6) is -1.10. The number of nitrogens with two attached hydrogens (primary N) is 1. The molecular weight excluding hydrogens is 222 g/mol. The van der Waals surface area contributed by atoms with Crippen LogP contribution in [0.15, 0.2) is 18.2 Å². The number of benzene rings is 1. The normalized spacial score (nSPS) is 15.0. The molecule has 0 aliphatic heterocycles. The topological polar surface area (TPSA) is 29.3 Å². The molecule has 0 bridgehead atoms. The molecule has 17 heavy (non-hydrogen) atoms. The van der Waals surface area contributed by atoms with Crippen molar-refractivity contribution in [2.75, 3.05) is 13.1 Å². The van der Waals surface area contributed by atoms with Crippen molar-refractivity contribution < 1.29 is 8.78 Å². The molecule has 0 spiro atoms. The predicted octanol–water partition coefficient (Wildman–Crippen LogP) is 2.52. The van der Waals surface area contributed by atoms with Gasteiger partial charge in [0.2, 0.25) is 0 Å². The van der Waals surface area contributed by atoms with E-state index in [2.05, 4.69) is 4.90 Å². The maximum atomic E-state index is 13.5. The molecule has 0 fully saturated rings. The van der Waals surface area contributed by atoms with Gasteiger partial charge >= 0.3 is 0 Å². The summed E-state index contributed by atoms with van der Waals surface area (Å²) >= 11 is 0. The summed E-state index contributed by atoms with van der Waals surface area (Å²) in [6.07, 6.45) is 0.362. The predicted molar refractivity (Wildman–Crippen MR) is 65.6 cm³/mol. The lowest BCUT2D eigenvalue weighted by molar-refractivity contribution is 0.122. The number of halogens is 2. The molecule has 0 amide bonds. The van der Waals surface area contributed by atoms with E-state index in [0.717, 1.165) is 19.2 Å². The van der Waals surface area contributed by atoms with Crippen LogP contribution in [0.3, 0.4) is 0 Å². The molecular formula is C13H20F2N2. The number of hydrogen-bond acceptors (Lipinski definition) is 2. The molecule has 0 saturated heterocycles. The van der Waals surface area contributed by atoms with Gasteiger partial charge in [0, 0.05) is 12.5 Å². The summed E-state index contributed by atoms with van der Waals surface area (Å²) in [5, 5.41) is 0. The fourth-order valence-corrected chi connectivity index (χ4v) is 2.11. The SMILES string of the molecule is CCN(CC)C(C)(N)Cc1ccc(F)cc1F. The molecule has 96 valence electrons. The Morgan fingerprint density at radius 1 is 1.24 bits per heavy atom. The van der Waals surface area contributed by atoms with Crippen LogP contribution in [0.1, 0.15) is 26.3 Å². The van der Waals surface area contributed by atoms with E-state index in [0.29, 0.717) is 12.0 Å². The Morgan fingerprint density at radius 3 is 2.29 bits per heavy atom. The largest absolute Gasteiger partial charge is 0.313 e. The van der Waals surface area contributed by atoms with Gasteiger partial charge < -0.3 is 5.73 Å². The minimum absolute atomic E-state index is 0.362. The van der Waals surface area contributed by atoms with E-state index in [9.17, 15) is 8.78 Å². The fourth-order valence-electron chi connectivity index (χ4n) is 2.11. The van der Waals surface area contributed by atoms with E-state index >= 15 is 0 Å². The summed E-state index contributed by atoms with van der Waals surface area (Å²) in [6.45, 7) is 7.48. The van der Waals surface area contributed by atoms with Gasteiger partial charge in [0.25, 0.3) is 0 Å². The number of likely N-dealkylation sites (N-methyl/N-ethyl adjacent to an activating group) is 1. The maximum absolute atomic E-state index is 13.5. The molecule has 0 aliphatic carbocycles. The van der Waals surface area contributed by atoms with Crippen molar-refractivity contribution in [1.29, 1.82) is 0 Å². The molecule has 2 nitrogen and oxygen atoms in total. The average molecular weight is 242 g/mol. The highest BCUT2D eigenvalue weighted by molar-refractivity contribution is 5.20. The van der Waals surface area contributed by atoms with Crippen LogP contribution >= 0.6 is 0 Å². The van der Waals surface area contributed by atoms with Crippen LogP contribution in [-0.2, 0) is 6.42 Å². The summed E-state index contributed by atoms with van der Waals surface area (Å²) in [6, 6.07) is 3.61. The molecule has 0 heterocycles. The second-order valence-corrected chi connectivity index (χ2v) is 4.44. The van der Waals surface area contributed by atoms with Gasteiger partial charge in [-0.05, 0) is 31.6 Å². The lowest BCUT2D eigenvalue weighted by Gasteiger charge is -2.37. The van der Waals surface area contributed by atoms with Crippen molar-refractivity contribution in [3.63, 3.8) is 0 Å². The first-order chi connectivity index (χ1) is 7.90. The third-order valence-corrected chi connectivity index (χ3v) is 3.05. The monoisotopic (exact) mass is 242 g/mol. The Kier molecular flexibility index (Phi) is 4.60. The smallest absolute Gasteiger partial charge is 0.129 e. The molecule has 0 saturated carbocycles. The highest BCUT2D eigenvalue weighted by Crippen LogP contribution is 2.18. The van der Waals surface area contributed by atoms with Crippen molar-refractivity contribution >= 4 is 0 Å². The zero-order chi connectivity index (χ0) is 13.1. The third kappa shape index (κ3) is 3.48. The summed E-state index contributed by atoms with van der Waals surface area (Å²) in [4.78, 5) is 2.05. The van der Waals surface area contributed by atoms with Gasteiger partial charge in [0.1, 0.15) is 11.6 Å². The molecule has 1 unspecified atom stereocenters. The van der Waals surface area contributed by atoms with E-state index in [1.807, 2.05) is 20.8 Å². The van der Waals surface area contributed by atoms with Crippen molar-refractivity contribution in [2.24, 2.45) is 5.73 Å². The van der Waals surface area contributed by atoms with Crippen molar-refractivity contribution in [2.45, 2.75) is 32.9 Å². The van der Waals surface area contributed by atoms with Crippen molar-refractivity contribution in [1.82, 2.24) is 4.90 Å². The van der Waals surface area contributed by atoms with Gasteiger partial charge in [0.05, 0.1) is 5.66 Å². The molecule has 1 aromatic rings. The maximum Gasteiger partial charge on any atom is 0.129 e. The van der Waals surface area contributed by atoms with Gasteiger partial charge in [-0.25, -0.2) is 8.78 Å². The fraction of sp³-hybridized carbons (Fsp3) is 0.538. The van der Waals surface area contributed by atoms with Gasteiger partial charge in [0.15, 0.2) is 0 Å². The highest BCUT2D eigenvalue weighted by Gasteiger charge is 2.26.